The second-order valence-corrected chi connectivity index (χ2v) is 5.00. The van der Waals surface area contributed by atoms with E-state index in [-0.39, 0.29) is 0 Å². The number of para-hydroxylation sites is 1. The summed E-state index contributed by atoms with van der Waals surface area (Å²) < 4.78 is 29.8. The third-order valence-electron chi connectivity index (χ3n) is 2.11. The summed E-state index contributed by atoms with van der Waals surface area (Å²) in [6.07, 6.45) is 3.51. The summed E-state index contributed by atoms with van der Waals surface area (Å²) in [7, 11) is -4.31. The summed E-state index contributed by atoms with van der Waals surface area (Å²) in [4.78, 5) is 6.22. The Bertz CT molecular complexity index is 606. The van der Waals surface area contributed by atoms with E-state index < -0.39 is 20.8 Å². The molecule has 6 nitrogen and oxygen atoms in total. The molecule has 0 radical (unpaired) electrons. The Hall–Kier alpha value is -1.86. The standard InChI is InChI=1S/C7H8O4S.C4H6N2/c1-5-3-2-4-6(7(5)8)12(9,10)11;1-4-2-5-3-6-4/h2-4,8H,1H3,(H,9,10,11);2-3H,1H3,(H,5,6). The molecule has 0 aliphatic heterocycles. The van der Waals surface area contributed by atoms with Crippen molar-refractivity contribution in [2.75, 3.05) is 0 Å². The van der Waals surface area contributed by atoms with E-state index >= 15 is 0 Å². The molecule has 2 rings (SSSR count). The first kappa shape index (κ1) is 14.2. The topological polar surface area (TPSA) is 103 Å². The molecule has 7 heteroatoms. The molecule has 0 saturated heterocycles. The van der Waals surface area contributed by atoms with Crippen molar-refractivity contribution < 1.29 is 18.1 Å². The lowest BCUT2D eigenvalue weighted by atomic mass is 10.2. The summed E-state index contributed by atoms with van der Waals surface area (Å²) in [5.41, 5.74) is 1.44. The number of aryl methyl sites for hydroxylation is 2. The molecule has 0 bridgehead atoms. The quantitative estimate of drug-likeness (QED) is 0.684. The van der Waals surface area contributed by atoms with Crippen LogP contribution in [0.3, 0.4) is 0 Å². The predicted molar refractivity (Wildman–Crippen MR) is 66.0 cm³/mol. The summed E-state index contributed by atoms with van der Waals surface area (Å²) >= 11 is 0. The van der Waals surface area contributed by atoms with Gasteiger partial charge in [0, 0.05) is 6.20 Å². The monoisotopic (exact) mass is 270 g/mol. The molecule has 1 aromatic carbocycles. The maximum atomic E-state index is 10.6. The van der Waals surface area contributed by atoms with Crippen LogP contribution in [0.1, 0.15) is 11.3 Å². The van der Waals surface area contributed by atoms with E-state index in [1.807, 2.05) is 13.1 Å². The Labute approximate surface area is 105 Å². The fraction of sp³-hybridized carbons (Fsp3) is 0.182. The minimum atomic E-state index is -4.31. The van der Waals surface area contributed by atoms with E-state index in [1.54, 1.807) is 19.3 Å². The Balaban J connectivity index is 0.000000225. The zero-order chi connectivity index (χ0) is 13.8. The minimum Gasteiger partial charge on any atom is -0.506 e. The average Bonchev–Trinajstić information content (AvgIpc) is 2.72. The number of aromatic hydroxyl groups is 1. The zero-order valence-electron chi connectivity index (χ0n) is 9.95. The number of imidazole rings is 1. The van der Waals surface area contributed by atoms with Crippen LogP contribution < -0.4 is 0 Å². The highest BCUT2D eigenvalue weighted by molar-refractivity contribution is 7.86. The van der Waals surface area contributed by atoms with Gasteiger partial charge in [0.25, 0.3) is 10.1 Å². The highest BCUT2D eigenvalue weighted by Gasteiger charge is 2.15. The number of hydrogen-bond acceptors (Lipinski definition) is 4. The second kappa shape index (κ2) is 5.65. The number of aromatic amines is 1. The van der Waals surface area contributed by atoms with Gasteiger partial charge in [-0.25, -0.2) is 4.98 Å². The molecule has 0 unspecified atom stereocenters. The maximum absolute atomic E-state index is 10.6. The first-order valence-electron chi connectivity index (χ1n) is 5.04. The summed E-state index contributed by atoms with van der Waals surface area (Å²) in [6, 6.07) is 4.12. The van der Waals surface area contributed by atoms with Crippen LogP contribution in [0, 0.1) is 13.8 Å². The van der Waals surface area contributed by atoms with Gasteiger partial charge in [-0.1, -0.05) is 12.1 Å². The molecule has 0 atom stereocenters. The van der Waals surface area contributed by atoms with E-state index in [0.717, 1.165) is 11.8 Å². The number of phenolic OH excluding ortho intramolecular Hbond substituents is 1. The van der Waals surface area contributed by atoms with E-state index in [0.29, 0.717) is 5.56 Å². The zero-order valence-corrected chi connectivity index (χ0v) is 10.8. The average molecular weight is 270 g/mol. The van der Waals surface area contributed by atoms with Gasteiger partial charge in [-0.3, -0.25) is 4.55 Å². The number of phenols is 1. The molecule has 0 spiro atoms. The molecule has 0 aliphatic carbocycles. The van der Waals surface area contributed by atoms with Crippen LogP contribution in [0.4, 0.5) is 0 Å². The van der Waals surface area contributed by atoms with E-state index in [9.17, 15) is 13.5 Å². The lowest BCUT2D eigenvalue weighted by molar-refractivity contribution is 0.440. The molecule has 1 aromatic heterocycles. The van der Waals surface area contributed by atoms with Gasteiger partial charge in [0.1, 0.15) is 10.6 Å². The predicted octanol–water partition coefficient (Wildman–Crippen LogP) is 1.67. The van der Waals surface area contributed by atoms with Crippen molar-refractivity contribution in [3.63, 3.8) is 0 Å². The number of hydrogen-bond donors (Lipinski definition) is 3. The van der Waals surface area contributed by atoms with Gasteiger partial charge in [-0.2, -0.15) is 8.42 Å². The van der Waals surface area contributed by atoms with Gasteiger partial charge in [0.2, 0.25) is 0 Å². The molecule has 1 heterocycles. The number of nitrogens with zero attached hydrogens (tertiary/aromatic N) is 1. The van der Waals surface area contributed by atoms with Crippen molar-refractivity contribution in [3.8, 4) is 5.75 Å². The Morgan fingerprint density at radius 3 is 2.28 bits per heavy atom. The third kappa shape index (κ3) is 3.86. The Morgan fingerprint density at radius 2 is 1.94 bits per heavy atom. The third-order valence-corrected chi connectivity index (χ3v) is 3.00. The first-order valence-corrected chi connectivity index (χ1v) is 6.48. The molecular weight excluding hydrogens is 256 g/mol. The molecule has 98 valence electrons. The summed E-state index contributed by atoms with van der Waals surface area (Å²) in [5, 5.41) is 9.19. The number of H-pyrrole nitrogens is 1. The van der Waals surface area contributed by atoms with Gasteiger partial charge in [-0.15, -0.1) is 0 Å². The fourth-order valence-corrected chi connectivity index (χ4v) is 1.83. The highest BCUT2D eigenvalue weighted by atomic mass is 32.2. The van der Waals surface area contributed by atoms with Gasteiger partial charge in [0.05, 0.1) is 12.0 Å². The highest BCUT2D eigenvalue weighted by Crippen LogP contribution is 2.25. The molecule has 0 aliphatic rings. The van der Waals surface area contributed by atoms with Crippen LogP contribution in [0.2, 0.25) is 0 Å². The van der Waals surface area contributed by atoms with Crippen LogP contribution in [0.25, 0.3) is 0 Å². The number of aromatic nitrogens is 2. The SMILES string of the molecule is Cc1c[nH]cn1.Cc1cccc(S(=O)(=O)O)c1O. The van der Waals surface area contributed by atoms with Gasteiger partial charge < -0.3 is 10.1 Å². The molecule has 2 aromatic rings. The van der Waals surface area contributed by atoms with Gasteiger partial charge in [0.15, 0.2) is 0 Å². The van der Waals surface area contributed by atoms with Crippen molar-refractivity contribution in [1.29, 1.82) is 0 Å². The van der Waals surface area contributed by atoms with Crippen molar-refractivity contribution in [2.45, 2.75) is 18.7 Å². The van der Waals surface area contributed by atoms with Crippen molar-refractivity contribution >= 4 is 10.1 Å². The van der Waals surface area contributed by atoms with Crippen LogP contribution in [0.15, 0.2) is 35.6 Å². The lowest BCUT2D eigenvalue weighted by Crippen LogP contribution is -1.98. The Kier molecular flexibility index (Phi) is 4.46. The van der Waals surface area contributed by atoms with Crippen molar-refractivity contribution in [2.24, 2.45) is 0 Å². The number of benzene rings is 1. The largest absolute Gasteiger partial charge is 0.506 e. The molecule has 0 fully saturated rings. The molecule has 3 N–H and O–H groups in total. The van der Waals surface area contributed by atoms with Crippen LogP contribution >= 0.6 is 0 Å². The minimum absolute atomic E-state index is 0.403. The van der Waals surface area contributed by atoms with E-state index in [4.69, 9.17) is 4.55 Å². The normalized spacial score (nSPS) is 10.6. The van der Waals surface area contributed by atoms with Crippen LogP contribution in [0.5, 0.6) is 5.75 Å². The summed E-state index contributed by atoms with van der Waals surface area (Å²) in [6.45, 7) is 3.49. The Morgan fingerprint density at radius 1 is 1.28 bits per heavy atom. The molecule has 18 heavy (non-hydrogen) atoms. The summed E-state index contributed by atoms with van der Waals surface area (Å²) in [5.74, 6) is -0.403. The van der Waals surface area contributed by atoms with Gasteiger partial charge in [-0.05, 0) is 25.5 Å². The number of nitrogens with one attached hydrogen (secondary N) is 1. The van der Waals surface area contributed by atoms with Crippen molar-refractivity contribution in [3.05, 3.63) is 42.0 Å². The molecule has 0 amide bonds. The van der Waals surface area contributed by atoms with Gasteiger partial charge >= 0.3 is 0 Å². The smallest absolute Gasteiger partial charge is 0.298 e. The lowest BCUT2D eigenvalue weighted by Gasteiger charge is -2.02. The second-order valence-electron chi connectivity index (χ2n) is 3.61. The number of rotatable bonds is 1. The molecular formula is C11H14N2O4S. The fourth-order valence-electron chi connectivity index (χ4n) is 1.17. The van der Waals surface area contributed by atoms with Crippen molar-refractivity contribution in [1.82, 2.24) is 9.97 Å². The van der Waals surface area contributed by atoms with E-state index in [2.05, 4.69) is 9.97 Å². The van der Waals surface area contributed by atoms with E-state index in [1.165, 1.54) is 6.07 Å². The van der Waals surface area contributed by atoms with Crippen LogP contribution in [-0.2, 0) is 10.1 Å². The maximum Gasteiger partial charge on any atom is 0.298 e. The van der Waals surface area contributed by atoms with Crippen LogP contribution in [-0.4, -0.2) is 28.0 Å². The first-order chi connectivity index (χ1) is 8.32. The molecule has 0 saturated carbocycles.